The number of nitrogens with one attached hydrogen (secondary N) is 1. The Bertz CT molecular complexity index is 708. The minimum atomic E-state index is 0.291. The van der Waals surface area contributed by atoms with Crippen LogP contribution in [0.1, 0.15) is 11.1 Å². The van der Waals surface area contributed by atoms with Crippen LogP contribution in [-0.4, -0.2) is 14.9 Å². The average molecular weight is 279 g/mol. The van der Waals surface area contributed by atoms with Gasteiger partial charge < -0.3 is 10.4 Å². The van der Waals surface area contributed by atoms with Gasteiger partial charge in [-0.05, 0) is 35.4 Å². The molecule has 0 atom stereocenters. The molecule has 1 aromatic heterocycles. The third kappa shape index (κ3) is 3.42. The van der Waals surface area contributed by atoms with E-state index in [0.717, 1.165) is 17.8 Å². The second kappa shape index (κ2) is 6.13. The maximum atomic E-state index is 9.50. The normalized spacial score (nSPS) is 10.5. The first-order chi connectivity index (χ1) is 10.3. The lowest BCUT2D eigenvalue weighted by atomic mass is 10.1. The number of benzene rings is 2. The van der Waals surface area contributed by atoms with Crippen LogP contribution in [-0.2, 0) is 13.1 Å². The fourth-order valence-corrected chi connectivity index (χ4v) is 2.26. The number of phenols is 1. The third-order valence-electron chi connectivity index (χ3n) is 3.30. The maximum absolute atomic E-state index is 9.50. The molecule has 0 bridgehead atoms. The van der Waals surface area contributed by atoms with Crippen molar-refractivity contribution in [2.24, 2.45) is 0 Å². The summed E-state index contributed by atoms with van der Waals surface area (Å²) in [5.41, 5.74) is 3.31. The zero-order valence-corrected chi connectivity index (χ0v) is 11.6. The van der Waals surface area contributed by atoms with Gasteiger partial charge in [-0.3, -0.25) is 4.68 Å². The molecule has 0 unspecified atom stereocenters. The summed E-state index contributed by atoms with van der Waals surface area (Å²) in [5.74, 6) is 0.291. The summed E-state index contributed by atoms with van der Waals surface area (Å²) in [6.45, 7) is 1.40. The van der Waals surface area contributed by atoms with E-state index in [1.807, 2.05) is 41.2 Å². The highest BCUT2D eigenvalue weighted by molar-refractivity contribution is 5.51. The van der Waals surface area contributed by atoms with Gasteiger partial charge in [-0.2, -0.15) is 5.10 Å². The van der Waals surface area contributed by atoms with Gasteiger partial charge >= 0.3 is 0 Å². The van der Waals surface area contributed by atoms with Gasteiger partial charge in [-0.1, -0.05) is 30.3 Å². The summed E-state index contributed by atoms with van der Waals surface area (Å²) in [7, 11) is 0. The second-order valence-corrected chi connectivity index (χ2v) is 4.88. The zero-order chi connectivity index (χ0) is 14.5. The molecule has 0 amide bonds. The van der Waals surface area contributed by atoms with E-state index in [2.05, 4.69) is 22.5 Å². The van der Waals surface area contributed by atoms with Crippen LogP contribution in [0.3, 0.4) is 0 Å². The molecule has 1 heterocycles. The Morgan fingerprint density at radius 3 is 2.76 bits per heavy atom. The number of aromatic nitrogens is 2. The highest BCUT2D eigenvalue weighted by Crippen LogP contribution is 2.18. The molecule has 0 saturated heterocycles. The summed E-state index contributed by atoms with van der Waals surface area (Å²) in [6.07, 6.45) is 3.73. The van der Waals surface area contributed by atoms with Crippen LogP contribution in [0.4, 0.5) is 5.69 Å². The summed E-state index contributed by atoms with van der Waals surface area (Å²) in [4.78, 5) is 0. The Labute approximate surface area is 123 Å². The molecule has 2 N–H and O–H groups in total. The van der Waals surface area contributed by atoms with Gasteiger partial charge in [0.05, 0.1) is 6.54 Å². The molecule has 3 rings (SSSR count). The lowest BCUT2D eigenvalue weighted by Gasteiger charge is -2.12. The summed E-state index contributed by atoms with van der Waals surface area (Å²) in [5, 5.41) is 17.2. The zero-order valence-electron chi connectivity index (χ0n) is 11.6. The molecule has 4 nitrogen and oxygen atoms in total. The Kier molecular flexibility index (Phi) is 3.87. The number of hydrogen-bond acceptors (Lipinski definition) is 3. The molecule has 0 fully saturated rings. The van der Waals surface area contributed by atoms with Crippen molar-refractivity contribution in [1.29, 1.82) is 0 Å². The fourth-order valence-electron chi connectivity index (χ4n) is 2.26. The molecule has 0 radical (unpaired) electrons. The summed E-state index contributed by atoms with van der Waals surface area (Å²) < 4.78 is 1.90. The number of hydrogen-bond donors (Lipinski definition) is 2. The molecule has 0 saturated carbocycles. The molecular weight excluding hydrogens is 262 g/mol. The minimum absolute atomic E-state index is 0.291. The predicted molar refractivity (Wildman–Crippen MR) is 83.2 cm³/mol. The van der Waals surface area contributed by atoms with Crippen molar-refractivity contribution in [2.45, 2.75) is 13.1 Å². The topological polar surface area (TPSA) is 50.1 Å². The molecule has 106 valence electrons. The minimum Gasteiger partial charge on any atom is -0.508 e. The van der Waals surface area contributed by atoms with Crippen molar-refractivity contribution in [3.63, 3.8) is 0 Å². The maximum Gasteiger partial charge on any atom is 0.115 e. The summed E-state index contributed by atoms with van der Waals surface area (Å²) in [6, 6.07) is 17.4. The van der Waals surface area contributed by atoms with E-state index in [9.17, 15) is 5.11 Å². The van der Waals surface area contributed by atoms with E-state index in [1.54, 1.807) is 18.3 Å². The van der Waals surface area contributed by atoms with Crippen LogP contribution in [0.2, 0.25) is 0 Å². The first-order valence-electron chi connectivity index (χ1n) is 6.88. The molecular formula is C17H17N3O. The van der Waals surface area contributed by atoms with Gasteiger partial charge in [-0.25, -0.2) is 0 Å². The third-order valence-corrected chi connectivity index (χ3v) is 3.30. The van der Waals surface area contributed by atoms with Gasteiger partial charge in [0.15, 0.2) is 0 Å². The van der Waals surface area contributed by atoms with Crippen molar-refractivity contribution >= 4 is 5.69 Å². The molecule has 21 heavy (non-hydrogen) atoms. The Balaban J connectivity index is 1.73. The fraction of sp³-hybridized carbons (Fsp3) is 0.118. The van der Waals surface area contributed by atoms with Crippen LogP contribution >= 0.6 is 0 Å². The number of aromatic hydroxyl groups is 1. The monoisotopic (exact) mass is 279 g/mol. The van der Waals surface area contributed by atoms with Crippen LogP contribution in [0.25, 0.3) is 0 Å². The Hall–Kier alpha value is -2.75. The van der Waals surface area contributed by atoms with Crippen LogP contribution in [0.5, 0.6) is 5.75 Å². The van der Waals surface area contributed by atoms with E-state index >= 15 is 0 Å². The van der Waals surface area contributed by atoms with E-state index < -0.39 is 0 Å². The van der Waals surface area contributed by atoms with Crippen molar-refractivity contribution in [3.8, 4) is 5.75 Å². The first-order valence-corrected chi connectivity index (χ1v) is 6.88. The molecule has 2 aromatic carbocycles. The largest absolute Gasteiger partial charge is 0.508 e. The number of rotatable bonds is 5. The Morgan fingerprint density at radius 2 is 1.95 bits per heavy atom. The SMILES string of the molecule is Oc1cccc(CNc2ccccc2Cn2cccn2)c1. The standard InChI is InChI=1S/C17H17N3O/c21-16-7-3-5-14(11-16)12-18-17-8-2-1-6-15(17)13-20-10-4-9-19-20/h1-11,18,21H,12-13H2. The Morgan fingerprint density at radius 1 is 1.05 bits per heavy atom. The van der Waals surface area contributed by atoms with Crippen LogP contribution in [0, 0.1) is 0 Å². The van der Waals surface area contributed by atoms with E-state index in [4.69, 9.17) is 0 Å². The lowest BCUT2D eigenvalue weighted by Crippen LogP contribution is -2.06. The van der Waals surface area contributed by atoms with Crippen LogP contribution < -0.4 is 5.32 Å². The van der Waals surface area contributed by atoms with Crippen molar-refractivity contribution in [2.75, 3.05) is 5.32 Å². The van der Waals surface area contributed by atoms with Crippen molar-refractivity contribution < 1.29 is 5.11 Å². The van der Waals surface area contributed by atoms with E-state index in [0.29, 0.717) is 12.3 Å². The van der Waals surface area contributed by atoms with Gasteiger partial charge in [0, 0.05) is 24.6 Å². The second-order valence-electron chi connectivity index (χ2n) is 4.88. The number of para-hydroxylation sites is 1. The van der Waals surface area contributed by atoms with Crippen molar-refractivity contribution in [1.82, 2.24) is 9.78 Å². The number of phenolic OH excluding ortho intramolecular Hbond substituents is 1. The molecule has 0 aliphatic heterocycles. The van der Waals surface area contributed by atoms with E-state index in [-0.39, 0.29) is 0 Å². The number of nitrogens with zero attached hydrogens (tertiary/aromatic N) is 2. The van der Waals surface area contributed by atoms with Gasteiger partial charge in [-0.15, -0.1) is 0 Å². The highest BCUT2D eigenvalue weighted by Gasteiger charge is 2.03. The molecule has 0 spiro atoms. The summed E-state index contributed by atoms with van der Waals surface area (Å²) >= 11 is 0. The molecule has 4 heteroatoms. The molecule has 0 aliphatic carbocycles. The highest BCUT2D eigenvalue weighted by atomic mass is 16.3. The lowest BCUT2D eigenvalue weighted by molar-refractivity contribution is 0.474. The van der Waals surface area contributed by atoms with Gasteiger partial charge in [0.1, 0.15) is 5.75 Å². The van der Waals surface area contributed by atoms with Gasteiger partial charge in [0.2, 0.25) is 0 Å². The predicted octanol–water partition coefficient (Wildman–Crippen LogP) is 3.25. The molecule has 3 aromatic rings. The smallest absolute Gasteiger partial charge is 0.115 e. The first kappa shape index (κ1) is 13.2. The van der Waals surface area contributed by atoms with Crippen LogP contribution in [0.15, 0.2) is 67.0 Å². The quantitative estimate of drug-likeness (QED) is 0.753. The average Bonchev–Trinajstić information content (AvgIpc) is 2.99. The number of anilines is 1. The molecule has 0 aliphatic rings. The van der Waals surface area contributed by atoms with Gasteiger partial charge in [0.25, 0.3) is 0 Å². The van der Waals surface area contributed by atoms with E-state index in [1.165, 1.54) is 5.56 Å². The van der Waals surface area contributed by atoms with Crippen molar-refractivity contribution in [3.05, 3.63) is 78.1 Å².